The van der Waals surface area contributed by atoms with E-state index in [1.165, 1.54) is 4.90 Å². The van der Waals surface area contributed by atoms with E-state index < -0.39 is 42.0 Å². The van der Waals surface area contributed by atoms with E-state index in [1.807, 2.05) is 26.8 Å². The predicted octanol–water partition coefficient (Wildman–Crippen LogP) is 2.90. The molecule has 0 aliphatic heterocycles. The average molecular weight is 487 g/mol. The number of alkyl carbamates (subject to hydrolysis) is 1. The Bertz CT molecular complexity index is 969. The van der Waals surface area contributed by atoms with Gasteiger partial charge >= 0.3 is 6.09 Å². The zero-order valence-corrected chi connectivity index (χ0v) is 21.5. The van der Waals surface area contributed by atoms with Gasteiger partial charge in [-0.1, -0.05) is 37.8 Å². The van der Waals surface area contributed by atoms with Crippen LogP contribution in [0.4, 0.5) is 4.79 Å². The Balaban J connectivity index is 2.52. The molecule has 1 aromatic rings. The van der Waals surface area contributed by atoms with Crippen LogP contribution in [0.3, 0.4) is 0 Å². The van der Waals surface area contributed by atoms with Crippen LogP contribution < -0.4 is 16.4 Å². The number of benzene rings is 1. The standard InChI is InChI=1S/C26H38N4O5/c1-8-17-10-9-11-18(13-17)22(23(32)28-15(2)3)30(20-12-16(20)4)24(33)19(14-21(27)31)29-25(34)35-26(5,6)7/h8-11,13,15-16,19-20,22H,1,12,14H2,2-7H3,(H2,27,31)(H,28,32)(H,29,34). The van der Waals surface area contributed by atoms with Gasteiger partial charge in [-0.2, -0.15) is 0 Å². The lowest BCUT2D eigenvalue weighted by molar-refractivity contribution is -0.144. The van der Waals surface area contributed by atoms with Crippen LogP contribution in [-0.2, 0) is 19.1 Å². The molecule has 0 bridgehead atoms. The van der Waals surface area contributed by atoms with Gasteiger partial charge in [0, 0.05) is 12.1 Å². The third kappa shape index (κ3) is 8.12. The minimum Gasteiger partial charge on any atom is -0.444 e. The number of hydrogen-bond donors (Lipinski definition) is 3. The normalized spacial score (nSPS) is 18.7. The first-order valence-electron chi connectivity index (χ1n) is 11.9. The van der Waals surface area contributed by atoms with Crippen molar-refractivity contribution in [2.45, 2.75) is 84.2 Å². The molecule has 0 saturated heterocycles. The van der Waals surface area contributed by atoms with E-state index in [-0.39, 0.29) is 23.9 Å². The number of carbonyl (C=O) groups excluding carboxylic acids is 4. The Kier molecular flexibility index (Phi) is 9.06. The Morgan fingerprint density at radius 2 is 1.86 bits per heavy atom. The number of carbonyl (C=O) groups is 4. The zero-order valence-electron chi connectivity index (χ0n) is 21.5. The van der Waals surface area contributed by atoms with Gasteiger partial charge in [0.25, 0.3) is 0 Å². The first-order valence-corrected chi connectivity index (χ1v) is 11.9. The van der Waals surface area contributed by atoms with Crippen molar-refractivity contribution in [1.29, 1.82) is 0 Å². The van der Waals surface area contributed by atoms with Crippen molar-refractivity contribution in [3.05, 3.63) is 42.0 Å². The predicted molar refractivity (Wildman–Crippen MR) is 134 cm³/mol. The number of ether oxygens (including phenoxy) is 1. The molecule has 0 radical (unpaired) electrons. The van der Waals surface area contributed by atoms with Gasteiger partial charge in [-0.05, 0) is 64.2 Å². The van der Waals surface area contributed by atoms with Gasteiger partial charge in [-0.25, -0.2) is 4.79 Å². The molecule has 1 aliphatic rings. The molecule has 2 rings (SSSR count). The van der Waals surface area contributed by atoms with E-state index in [9.17, 15) is 19.2 Å². The number of nitrogens with one attached hydrogen (secondary N) is 2. The van der Waals surface area contributed by atoms with Crippen LogP contribution in [0.5, 0.6) is 0 Å². The van der Waals surface area contributed by atoms with Gasteiger partial charge in [-0.3, -0.25) is 14.4 Å². The van der Waals surface area contributed by atoms with Crippen molar-refractivity contribution in [2.75, 3.05) is 0 Å². The van der Waals surface area contributed by atoms with Crippen LogP contribution in [0.25, 0.3) is 6.08 Å². The lowest BCUT2D eigenvalue weighted by atomic mass is 9.99. The molecule has 0 aromatic heterocycles. The van der Waals surface area contributed by atoms with Gasteiger partial charge in [-0.15, -0.1) is 0 Å². The summed E-state index contributed by atoms with van der Waals surface area (Å²) in [6, 6.07) is 4.55. The lowest BCUT2D eigenvalue weighted by Gasteiger charge is -2.35. The molecule has 4 amide bonds. The van der Waals surface area contributed by atoms with Crippen molar-refractivity contribution in [2.24, 2.45) is 11.7 Å². The number of primary amides is 1. The molecule has 4 N–H and O–H groups in total. The van der Waals surface area contributed by atoms with E-state index in [0.29, 0.717) is 12.0 Å². The summed E-state index contributed by atoms with van der Waals surface area (Å²) in [7, 11) is 0. The average Bonchev–Trinajstić information content (AvgIpc) is 3.44. The maximum Gasteiger partial charge on any atom is 0.408 e. The minimum atomic E-state index is -1.29. The molecule has 4 atom stereocenters. The fourth-order valence-corrected chi connectivity index (χ4v) is 3.86. The number of hydrogen-bond acceptors (Lipinski definition) is 5. The lowest BCUT2D eigenvalue weighted by Crippen LogP contribution is -2.55. The molecule has 1 saturated carbocycles. The molecule has 0 spiro atoms. The fourth-order valence-electron chi connectivity index (χ4n) is 3.86. The maximum atomic E-state index is 13.9. The Labute approximate surface area is 207 Å². The smallest absolute Gasteiger partial charge is 0.408 e. The van der Waals surface area contributed by atoms with Crippen LogP contribution >= 0.6 is 0 Å². The van der Waals surface area contributed by atoms with E-state index in [2.05, 4.69) is 17.2 Å². The first-order chi connectivity index (χ1) is 16.2. The summed E-state index contributed by atoms with van der Waals surface area (Å²) in [4.78, 5) is 53.2. The zero-order chi connectivity index (χ0) is 26.5. The summed E-state index contributed by atoms with van der Waals surface area (Å²) in [5.74, 6) is -1.55. The van der Waals surface area contributed by atoms with E-state index >= 15 is 0 Å². The molecule has 0 heterocycles. The van der Waals surface area contributed by atoms with Gasteiger partial charge in [0.1, 0.15) is 17.7 Å². The second-order valence-electron chi connectivity index (χ2n) is 10.3. The number of nitrogens with two attached hydrogens (primary N) is 1. The molecular weight excluding hydrogens is 448 g/mol. The van der Waals surface area contributed by atoms with Crippen LogP contribution in [-0.4, -0.2) is 52.4 Å². The highest BCUT2D eigenvalue weighted by Gasteiger charge is 2.48. The maximum absolute atomic E-state index is 13.9. The Morgan fingerprint density at radius 1 is 1.23 bits per heavy atom. The topological polar surface area (TPSA) is 131 Å². The molecule has 1 aliphatic carbocycles. The summed E-state index contributed by atoms with van der Waals surface area (Å²) in [5, 5.41) is 5.39. The highest BCUT2D eigenvalue weighted by molar-refractivity contribution is 5.95. The summed E-state index contributed by atoms with van der Waals surface area (Å²) in [5.41, 5.74) is 6.00. The quantitative estimate of drug-likeness (QED) is 0.468. The molecule has 35 heavy (non-hydrogen) atoms. The molecule has 1 aromatic carbocycles. The number of amides is 4. The van der Waals surface area contributed by atoms with Gasteiger partial charge < -0.3 is 26.0 Å². The first kappa shape index (κ1) is 27.9. The molecular formula is C26H38N4O5. The minimum absolute atomic E-state index is 0.145. The fraction of sp³-hybridized carbons (Fsp3) is 0.538. The Hall–Kier alpha value is -3.36. The molecule has 4 unspecified atom stereocenters. The third-order valence-corrected chi connectivity index (χ3v) is 5.49. The summed E-state index contributed by atoms with van der Waals surface area (Å²) in [6.07, 6.45) is 1.07. The van der Waals surface area contributed by atoms with Crippen molar-refractivity contribution in [3.8, 4) is 0 Å². The second kappa shape index (κ2) is 11.4. The van der Waals surface area contributed by atoms with Gasteiger partial charge in [0.05, 0.1) is 6.42 Å². The van der Waals surface area contributed by atoms with Crippen LogP contribution in [0.2, 0.25) is 0 Å². The van der Waals surface area contributed by atoms with Crippen LogP contribution in [0, 0.1) is 5.92 Å². The number of nitrogens with zero attached hydrogens (tertiary/aromatic N) is 1. The van der Waals surface area contributed by atoms with E-state index in [4.69, 9.17) is 10.5 Å². The monoisotopic (exact) mass is 486 g/mol. The second-order valence-corrected chi connectivity index (χ2v) is 10.3. The third-order valence-electron chi connectivity index (χ3n) is 5.49. The molecule has 192 valence electrons. The summed E-state index contributed by atoms with van der Waals surface area (Å²) in [6.45, 7) is 14.5. The van der Waals surface area contributed by atoms with Crippen molar-refractivity contribution in [3.63, 3.8) is 0 Å². The van der Waals surface area contributed by atoms with Crippen LogP contribution in [0.1, 0.15) is 71.6 Å². The van der Waals surface area contributed by atoms with Crippen molar-refractivity contribution < 1.29 is 23.9 Å². The van der Waals surface area contributed by atoms with Crippen LogP contribution in [0.15, 0.2) is 30.8 Å². The van der Waals surface area contributed by atoms with Crippen molar-refractivity contribution in [1.82, 2.24) is 15.5 Å². The van der Waals surface area contributed by atoms with Gasteiger partial charge in [0.2, 0.25) is 17.7 Å². The van der Waals surface area contributed by atoms with E-state index in [0.717, 1.165) is 5.56 Å². The molecule has 9 nitrogen and oxygen atoms in total. The van der Waals surface area contributed by atoms with Gasteiger partial charge in [0.15, 0.2) is 0 Å². The summed E-state index contributed by atoms with van der Waals surface area (Å²) >= 11 is 0. The highest BCUT2D eigenvalue weighted by Crippen LogP contribution is 2.41. The Morgan fingerprint density at radius 3 is 2.34 bits per heavy atom. The number of rotatable bonds is 10. The summed E-state index contributed by atoms with van der Waals surface area (Å²) < 4.78 is 5.29. The highest BCUT2D eigenvalue weighted by atomic mass is 16.6. The largest absolute Gasteiger partial charge is 0.444 e. The molecule has 1 fully saturated rings. The van der Waals surface area contributed by atoms with Crippen molar-refractivity contribution >= 4 is 29.9 Å². The molecule has 9 heteroatoms. The SMILES string of the molecule is C=Cc1cccc(C(C(=O)NC(C)C)N(C(=O)C(CC(N)=O)NC(=O)OC(C)(C)C)C2CC2C)c1. The van der Waals surface area contributed by atoms with E-state index in [1.54, 1.807) is 45.0 Å².